The minimum absolute atomic E-state index is 0.0253. The smallest absolute Gasteiger partial charge is 0.301 e. The van der Waals surface area contributed by atoms with E-state index in [1.54, 1.807) is 20.3 Å². The van der Waals surface area contributed by atoms with Crippen molar-refractivity contribution in [2.75, 3.05) is 50.0 Å². The van der Waals surface area contributed by atoms with Gasteiger partial charge in [0.1, 0.15) is 29.9 Å². The molecule has 1 unspecified atom stereocenters. The zero-order valence-electron chi connectivity index (χ0n) is 26.3. The van der Waals surface area contributed by atoms with Crippen LogP contribution in [-0.4, -0.2) is 75.1 Å². The number of methoxy groups -OCH3 is 2. The zero-order chi connectivity index (χ0) is 34.0. The molecule has 1 N–H and O–H groups in total. The Morgan fingerprint density at radius 2 is 1.71 bits per heavy atom. The van der Waals surface area contributed by atoms with Gasteiger partial charge < -0.3 is 19.1 Å². The fourth-order valence-electron chi connectivity index (χ4n) is 6.16. The molecule has 1 atom stereocenters. The minimum Gasteiger partial charge on any atom is -0.453 e. The molecule has 0 saturated carbocycles. The average Bonchev–Trinajstić information content (AvgIpc) is 3.55. The van der Waals surface area contributed by atoms with Crippen molar-refractivity contribution in [2.24, 2.45) is 5.92 Å². The molecular weight excluding hydrogens is 646 g/mol. The average molecular weight is 681 g/mol. The highest BCUT2D eigenvalue weighted by atomic mass is 32.2. The van der Waals surface area contributed by atoms with Crippen LogP contribution in [0.5, 0.6) is 11.5 Å². The standard InChI is InChI=1S/C33H34F2N6O6S/c1-45-33(46-2)21-11-14-39(15-12-21)23-3-5-24(6-4-23)41-20-37-29-9-7-25(17-26(29)32(41)42)47-31-27(18-36)30(10-8-28(31)35)38-48(43,44)40-16-13-22(34)19-40/h3-10,17,20-22,33,38H,11-16,19H2,1-2H3. The summed E-state index contributed by atoms with van der Waals surface area (Å²) < 4.78 is 75.4. The quantitative estimate of drug-likeness (QED) is 0.236. The molecule has 12 nitrogen and oxygen atoms in total. The summed E-state index contributed by atoms with van der Waals surface area (Å²) in [6.07, 6.45) is 1.81. The molecule has 3 heterocycles. The van der Waals surface area contributed by atoms with E-state index in [0.29, 0.717) is 17.1 Å². The lowest BCUT2D eigenvalue weighted by Crippen LogP contribution is -2.39. The summed E-state index contributed by atoms with van der Waals surface area (Å²) in [6.45, 7) is 1.33. The van der Waals surface area contributed by atoms with Gasteiger partial charge in [0.25, 0.3) is 5.56 Å². The molecule has 2 aliphatic rings. The molecule has 2 fully saturated rings. The summed E-state index contributed by atoms with van der Waals surface area (Å²) in [7, 11) is -0.916. The normalized spacial score (nSPS) is 17.6. The van der Waals surface area contributed by atoms with Gasteiger partial charge in [-0.15, -0.1) is 0 Å². The molecule has 6 rings (SSSR count). The number of nitrogens with zero attached hydrogens (tertiary/aromatic N) is 5. The Bertz CT molecular complexity index is 2010. The maximum Gasteiger partial charge on any atom is 0.301 e. The Morgan fingerprint density at radius 3 is 2.35 bits per heavy atom. The van der Waals surface area contributed by atoms with E-state index in [-0.39, 0.29) is 42.6 Å². The molecular formula is C33H34F2N6O6S. The van der Waals surface area contributed by atoms with Crippen molar-refractivity contribution in [3.8, 4) is 23.3 Å². The van der Waals surface area contributed by atoms with Crippen LogP contribution >= 0.6 is 0 Å². The molecule has 4 aromatic rings. The van der Waals surface area contributed by atoms with E-state index >= 15 is 4.39 Å². The van der Waals surface area contributed by atoms with Crippen LogP contribution in [-0.2, 0) is 19.7 Å². The van der Waals surface area contributed by atoms with Crippen molar-refractivity contribution in [1.82, 2.24) is 13.9 Å². The van der Waals surface area contributed by atoms with E-state index in [1.807, 2.05) is 24.3 Å². The second-order valence-corrected chi connectivity index (χ2v) is 13.3. The predicted molar refractivity (Wildman–Crippen MR) is 175 cm³/mol. The number of hydrogen-bond acceptors (Lipinski definition) is 9. The monoisotopic (exact) mass is 680 g/mol. The van der Waals surface area contributed by atoms with Gasteiger partial charge in [0.15, 0.2) is 17.9 Å². The molecule has 48 heavy (non-hydrogen) atoms. The van der Waals surface area contributed by atoms with Crippen LogP contribution in [0.1, 0.15) is 24.8 Å². The summed E-state index contributed by atoms with van der Waals surface area (Å²) in [6, 6.07) is 15.8. The second kappa shape index (κ2) is 13.9. The van der Waals surface area contributed by atoms with Gasteiger partial charge >= 0.3 is 10.2 Å². The number of aromatic nitrogens is 2. The second-order valence-electron chi connectivity index (χ2n) is 11.6. The van der Waals surface area contributed by atoms with Gasteiger partial charge in [-0.25, -0.2) is 13.8 Å². The number of alkyl halides is 1. The number of piperidine rings is 1. The van der Waals surface area contributed by atoms with Crippen LogP contribution in [0.15, 0.2) is 65.7 Å². The van der Waals surface area contributed by atoms with Crippen LogP contribution in [0.3, 0.4) is 0 Å². The van der Waals surface area contributed by atoms with Crippen molar-refractivity contribution in [3.05, 3.63) is 82.7 Å². The van der Waals surface area contributed by atoms with E-state index in [0.717, 1.165) is 48.1 Å². The first-order valence-corrected chi connectivity index (χ1v) is 16.8. The van der Waals surface area contributed by atoms with Crippen LogP contribution in [0, 0.1) is 23.1 Å². The predicted octanol–water partition coefficient (Wildman–Crippen LogP) is 4.72. The Labute approximate surface area is 276 Å². The summed E-state index contributed by atoms with van der Waals surface area (Å²) in [5.41, 5.74) is 0.931. The minimum atomic E-state index is -4.21. The van der Waals surface area contributed by atoms with E-state index in [4.69, 9.17) is 14.2 Å². The molecule has 0 aliphatic carbocycles. The number of ether oxygens (including phenoxy) is 3. The first-order valence-electron chi connectivity index (χ1n) is 15.4. The van der Waals surface area contributed by atoms with Gasteiger partial charge in [0.2, 0.25) is 0 Å². The maximum atomic E-state index is 15.0. The lowest BCUT2D eigenvalue weighted by Gasteiger charge is -2.36. The molecule has 3 aromatic carbocycles. The summed E-state index contributed by atoms with van der Waals surface area (Å²) in [4.78, 5) is 20.3. The molecule has 2 saturated heterocycles. The van der Waals surface area contributed by atoms with E-state index in [9.17, 15) is 22.9 Å². The Balaban J connectivity index is 1.23. The fourth-order valence-corrected chi connectivity index (χ4v) is 7.44. The van der Waals surface area contributed by atoms with E-state index in [2.05, 4.69) is 14.6 Å². The number of rotatable bonds is 10. The number of anilines is 2. The number of hydrogen-bond donors (Lipinski definition) is 1. The van der Waals surface area contributed by atoms with Gasteiger partial charge in [-0.2, -0.15) is 18.0 Å². The van der Waals surface area contributed by atoms with Gasteiger partial charge in [0.05, 0.1) is 22.3 Å². The van der Waals surface area contributed by atoms with Gasteiger partial charge in [-0.05, 0) is 73.9 Å². The van der Waals surface area contributed by atoms with Gasteiger partial charge in [0, 0.05) is 52.0 Å². The largest absolute Gasteiger partial charge is 0.453 e. The summed E-state index contributed by atoms with van der Waals surface area (Å²) in [5, 5.41) is 10.0. The molecule has 0 amide bonds. The number of benzene rings is 3. The molecule has 2 aliphatic heterocycles. The fraction of sp³-hybridized carbons (Fsp3) is 0.364. The van der Waals surface area contributed by atoms with Crippen molar-refractivity contribution in [1.29, 1.82) is 5.26 Å². The summed E-state index contributed by atoms with van der Waals surface area (Å²) >= 11 is 0. The maximum absolute atomic E-state index is 15.0. The van der Waals surface area contributed by atoms with E-state index in [1.165, 1.54) is 29.1 Å². The van der Waals surface area contributed by atoms with Gasteiger partial charge in [-0.1, -0.05) is 0 Å². The number of fused-ring (bicyclic) bond motifs is 1. The van der Waals surface area contributed by atoms with Crippen molar-refractivity contribution < 1.29 is 31.4 Å². The van der Waals surface area contributed by atoms with Crippen LogP contribution in [0.2, 0.25) is 0 Å². The van der Waals surface area contributed by atoms with Crippen LogP contribution < -0.4 is 19.9 Å². The van der Waals surface area contributed by atoms with Crippen molar-refractivity contribution in [2.45, 2.75) is 31.7 Å². The van der Waals surface area contributed by atoms with E-state index < -0.39 is 39.1 Å². The Morgan fingerprint density at radius 1 is 1.00 bits per heavy atom. The number of halogens is 2. The van der Waals surface area contributed by atoms with Crippen molar-refractivity contribution in [3.63, 3.8) is 0 Å². The van der Waals surface area contributed by atoms with Crippen molar-refractivity contribution >= 4 is 32.5 Å². The third kappa shape index (κ3) is 6.70. The SMILES string of the molecule is COC(OC)C1CCN(c2ccc(-n3cnc4ccc(Oc5c(F)ccc(NS(=O)(=O)N6CCC(F)C6)c5C#N)cc4c3=O)cc2)CC1. The highest BCUT2D eigenvalue weighted by molar-refractivity contribution is 7.90. The molecule has 0 radical (unpaired) electrons. The Hall–Kier alpha value is -4.62. The topological polar surface area (TPSA) is 139 Å². The Kier molecular flexibility index (Phi) is 9.61. The first-order chi connectivity index (χ1) is 23.1. The lowest BCUT2D eigenvalue weighted by atomic mass is 9.95. The highest BCUT2D eigenvalue weighted by Gasteiger charge is 2.32. The molecule has 15 heteroatoms. The molecule has 0 bridgehead atoms. The molecule has 0 spiro atoms. The number of nitriles is 1. The third-order valence-electron chi connectivity index (χ3n) is 8.73. The lowest BCUT2D eigenvalue weighted by molar-refractivity contribution is -0.141. The zero-order valence-corrected chi connectivity index (χ0v) is 27.1. The highest BCUT2D eigenvalue weighted by Crippen LogP contribution is 2.35. The summed E-state index contributed by atoms with van der Waals surface area (Å²) in [5.74, 6) is -1.12. The van der Waals surface area contributed by atoms with Crippen LogP contribution in [0.4, 0.5) is 20.2 Å². The van der Waals surface area contributed by atoms with Gasteiger partial charge in [-0.3, -0.25) is 14.1 Å². The molecule has 252 valence electrons. The first kappa shape index (κ1) is 33.3. The van der Waals surface area contributed by atoms with Crippen LogP contribution in [0.25, 0.3) is 16.6 Å². The third-order valence-corrected chi connectivity index (χ3v) is 10.2. The molecule has 1 aromatic heterocycles. The number of nitrogens with one attached hydrogen (secondary N) is 1.